The van der Waals surface area contributed by atoms with Crippen LogP contribution in [-0.4, -0.2) is 24.4 Å². The second-order valence-corrected chi connectivity index (χ2v) is 6.13. The first-order valence-electron chi connectivity index (χ1n) is 8.80. The Morgan fingerprint density at radius 2 is 1.86 bits per heavy atom. The van der Waals surface area contributed by atoms with E-state index in [0.717, 1.165) is 11.2 Å². The molecule has 0 bridgehead atoms. The van der Waals surface area contributed by atoms with Gasteiger partial charge in [0.15, 0.2) is 0 Å². The third kappa shape index (κ3) is 3.69. The molecule has 28 heavy (non-hydrogen) atoms. The maximum atomic E-state index is 14.7. The van der Waals surface area contributed by atoms with E-state index in [1.54, 1.807) is 24.3 Å². The van der Waals surface area contributed by atoms with E-state index in [2.05, 4.69) is 0 Å². The topological polar surface area (TPSA) is 66.8 Å². The van der Waals surface area contributed by atoms with E-state index in [4.69, 9.17) is 14.3 Å². The largest absolute Gasteiger partial charge is 0.497 e. The smallest absolute Gasteiger partial charge is 0.329 e. The first kappa shape index (κ1) is 19.4. The number of benzene rings is 2. The van der Waals surface area contributed by atoms with Crippen LogP contribution in [0.2, 0.25) is 0 Å². The van der Waals surface area contributed by atoms with Crippen molar-refractivity contribution in [3.63, 3.8) is 0 Å². The molecule has 0 saturated carbocycles. The Bertz CT molecular complexity index is 1070. The zero-order valence-electron chi connectivity index (χ0n) is 15.8. The van der Waals surface area contributed by atoms with Gasteiger partial charge in [-0.1, -0.05) is 19.1 Å². The summed E-state index contributed by atoms with van der Waals surface area (Å²) in [7, 11) is 1.53. The maximum Gasteiger partial charge on any atom is 0.329 e. The number of methoxy groups -OCH3 is 1. The van der Waals surface area contributed by atoms with Gasteiger partial charge in [-0.3, -0.25) is 4.79 Å². The van der Waals surface area contributed by atoms with Gasteiger partial charge in [-0.15, -0.1) is 0 Å². The summed E-state index contributed by atoms with van der Waals surface area (Å²) in [5.74, 6) is -0.458. The van der Waals surface area contributed by atoms with E-state index in [0.29, 0.717) is 17.9 Å². The Hall–Kier alpha value is -3.35. The SMILES string of the molecule is CCCOc1ccc(F)c2c(=O)c(-c3ccc(OC)cc3)cn(OC(C)=O)c12. The van der Waals surface area contributed by atoms with Crippen LogP contribution in [0.25, 0.3) is 22.0 Å². The summed E-state index contributed by atoms with van der Waals surface area (Å²) in [6.45, 7) is 3.52. The number of ether oxygens (including phenoxy) is 2. The lowest BCUT2D eigenvalue weighted by Crippen LogP contribution is -2.22. The molecular formula is C21H20FNO5. The average molecular weight is 385 g/mol. The number of halogens is 1. The number of aromatic nitrogens is 1. The van der Waals surface area contributed by atoms with Crippen LogP contribution in [0.4, 0.5) is 4.39 Å². The minimum Gasteiger partial charge on any atom is -0.497 e. The van der Waals surface area contributed by atoms with Crippen LogP contribution >= 0.6 is 0 Å². The average Bonchev–Trinajstić information content (AvgIpc) is 2.69. The van der Waals surface area contributed by atoms with Gasteiger partial charge < -0.3 is 14.3 Å². The number of nitrogens with zero attached hydrogens (tertiary/aromatic N) is 1. The molecule has 0 atom stereocenters. The molecule has 0 N–H and O–H groups in total. The van der Waals surface area contributed by atoms with Crippen molar-refractivity contribution in [1.82, 2.24) is 4.73 Å². The van der Waals surface area contributed by atoms with Crippen molar-refractivity contribution in [2.24, 2.45) is 0 Å². The zero-order chi connectivity index (χ0) is 20.3. The van der Waals surface area contributed by atoms with Gasteiger partial charge in [0, 0.05) is 12.5 Å². The highest BCUT2D eigenvalue weighted by molar-refractivity contribution is 5.89. The van der Waals surface area contributed by atoms with Crippen molar-refractivity contribution in [3.8, 4) is 22.6 Å². The molecule has 2 aromatic carbocycles. The van der Waals surface area contributed by atoms with Gasteiger partial charge in [-0.2, -0.15) is 4.73 Å². The van der Waals surface area contributed by atoms with Crippen molar-refractivity contribution < 1.29 is 23.5 Å². The minimum absolute atomic E-state index is 0.0749. The van der Waals surface area contributed by atoms with Crippen LogP contribution in [0.5, 0.6) is 11.5 Å². The maximum absolute atomic E-state index is 14.7. The number of hydrogen-bond donors (Lipinski definition) is 0. The molecule has 0 aliphatic rings. The van der Waals surface area contributed by atoms with Crippen LogP contribution in [-0.2, 0) is 4.79 Å². The Balaban J connectivity index is 2.32. The quantitative estimate of drug-likeness (QED) is 0.649. The van der Waals surface area contributed by atoms with Crippen LogP contribution in [0, 0.1) is 5.82 Å². The molecule has 146 valence electrons. The van der Waals surface area contributed by atoms with Gasteiger partial charge >= 0.3 is 5.97 Å². The van der Waals surface area contributed by atoms with Crippen LogP contribution in [0.1, 0.15) is 20.3 Å². The fraction of sp³-hybridized carbons (Fsp3) is 0.238. The van der Waals surface area contributed by atoms with Gasteiger partial charge in [-0.05, 0) is 36.2 Å². The molecule has 0 aliphatic heterocycles. The third-order valence-corrected chi connectivity index (χ3v) is 4.12. The highest BCUT2D eigenvalue weighted by atomic mass is 19.1. The molecule has 0 aliphatic carbocycles. The first-order valence-corrected chi connectivity index (χ1v) is 8.80. The van der Waals surface area contributed by atoms with Gasteiger partial charge in [-0.25, -0.2) is 9.18 Å². The normalized spacial score (nSPS) is 10.7. The second kappa shape index (κ2) is 8.12. The minimum atomic E-state index is -0.722. The summed E-state index contributed by atoms with van der Waals surface area (Å²) < 4.78 is 26.5. The van der Waals surface area contributed by atoms with Crippen LogP contribution in [0.3, 0.4) is 0 Å². The van der Waals surface area contributed by atoms with Crippen molar-refractivity contribution in [1.29, 1.82) is 0 Å². The van der Waals surface area contributed by atoms with Gasteiger partial charge in [0.05, 0.1) is 25.3 Å². The Labute approximate surface area is 161 Å². The molecule has 3 aromatic rings. The van der Waals surface area contributed by atoms with Crippen molar-refractivity contribution >= 4 is 16.9 Å². The number of pyridine rings is 1. The van der Waals surface area contributed by atoms with Gasteiger partial charge in [0.1, 0.15) is 22.8 Å². The lowest BCUT2D eigenvalue weighted by Gasteiger charge is -2.16. The Morgan fingerprint density at radius 1 is 1.14 bits per heavy atom. The first-order chi connectivity index (χ1) is 13.5. The van der Waals surface area contributed by atoms with E-state index in [1.807, 2.05) is 6.92 Å². The Kier molecular flexibility index (Phi) is 5.63. The monoisotopic (exact) mass is 385 g/mol. The van der Waals surface area contributed by atoms with Crippen molar-refractivity contribution in [3.05, 3.63) is 58.6 Å². The molecule has 0 unspecified atom stereocenters. The summed E-state index contributed by atoms with van der Waals surface area (Å²) in [6, 6.07) is 9.31. The molecule has 1 aromatic heterocycles. The summed E-state index contributed by atoms with van der Waals surface area (Å²) in [5.41, 5.74) is 0.268. The molecule has 0 amide bonds. The molecule has 6 nitrogen and oxygen atoms in total. The van der Waals surface area contributed by atoms with Crippen molar-refractivity contribution in [2.45, 2.75) is 20.3 Å². The number of hydrogen-bond acceptors (Lipinski definition) is 5. The van der Waals surface area contributed by atoms with Crippen molar-refractivity contribution in [2.75, 3.05) is 13.7 Å². The predicted molar refractivity (Wildman–Crippen MR) is 103 cm³/mol. The number of carbonyl (C=O) groups excluding carboxylic acids is 1. The van der Waals surface area contributed by atoms with E-state index >= 15 is 0 Å². The number of fused-ring (bicyclic) bond motifs is 1. The molecule has 7 heteroatoms. The molecule has 0 fully saturated rings. The van der Waals surface area contributed by atoms with Crippen LogP contribution in [0.15, 0.2) is 47.4 Å². The fourth-order valence-electron chi connectivity index (χ4n) is 2.87. The van der Waals surface area contributed by atoms with E-state index < -0.39 is 17.2 Å². The summed E-state index contributed by atoms with van der Waals surface area (Å²) in [5, 5.41) is -0.205. The second-order valence-electron chi connectivity index (χ2n) is 6.13. The van der Waals surface area contributed by atoms with Crippen LogP contribution < -0.4 is 19.7 Å². The van der Waals surface area contributed by atoms with E-state index in [9.17, 15) is 14.0 Å². The molecule has 3 rings (SSSR count). The highest BCUT2D eigenvalue weighted by Crippen LogP contribution is 2.29. The van der Waals surface area contributed by atoms with E-state index in [-0.39, 0.29) is 22.2 Å². The fourth-order valence-corrected chi connectivity index (χ4v) is 2.87. The predicted octanol–water partition coefficient (Wildman–Crippen LogP) is 3.58. The molecule has 0 radical (unpaired) electrons. The number of carbonyl (C=O) groups is 1. The highest BCUT2D eigenvalue weighted by Gasteiger charge is 2.20. The van der Waals surface area contributed by atoms with E-state index in [1.165, 1.54) is 32.4 Å². The lowest BCUT2D eigenvalue weighted by atomic mass is 10.0. The molecule has 0 saturated heterocycles. The molecule has 1 heterocycles. The third-order valence-electron chi connectivity index (χ3n) is 4.12. The Morgan fingerprint density at radius 3 is 2.46 bits per heavy atom. The standard InChI is InChI=1S/C21H20FNO5/c1-4-11-27-18-10-9-17(22)19-20(18)23(28-13(2)24)12-16(21(19)25)14-5-7-15(26-3)8-6-14/h5-10,12H,4,11H2,1-3H3. The summed E-state index contributed by atoms with van der Waals surface area (Å²) in [4.78, 5) is 29.9. The summed E-state index contributed by atoms with van der Waals surface area (Å²) >= 11 is 0. The number of rotatable bonds is 6. The zero-order valence-corrected chi connectivity index (χ0v) is 15.8. The lowest BCUT2D eigenvalue weighted by molar-refractivity contribution is -0.141. The molecular weight excluding hydrogens is 365 g/mol. The van der Waals surface area contributed by atoms with Gasteiger partial charge in [0.2, 0.25) is 5.43 Å². The molecule has 0 spiro atoms. The van der Waals surface area contributed by atoms with Gasteiger partial charge in [0.25, 0.3) is 0 Å². The summed E-state index contributed by atoms with van der Waals surface area (Å²) in [6.07, 6.45) is 2.09.